The van der Waals surface area contributed by atoms with E-state index in [0.717, 1.165) is 25.0 Å². The summed E-state index contributed by atoms with van der Waals surface area (Å²) in [6, 6.07) is 2.32. The first-order valence-electron chi connectivity index (χ1n) is 6.91. The molecule has 0 amide bonds. The van der Waals surface area contributed by atoms with Crippen LogP contribution < -0.4 is 0 Å². The fourth-order valence-electron chi connectivity index (χ4n) is 3.26. The Morgan fingerprint density at radius 2 is 1.76 bits per heavy atom. The number of hydrogen-bond acceptors (Lipinski definition) is 2. The number of carbonyl (C=O) groups is 1. The first kappa shape index (κ1) is 14.9. The lowest BCUT2D eigenvalue weighted by Gasteiger charge is -2.27. The number of Topliss-reactive ketones (excluding diaryl/α,β-unsaturated/α-hetero) is 1. The molecular weight excluding hydrogens is 304 g/mol. The highest BCUT2D eigenvalue weighted by Crippen LogP contribution is 2.47. The monoisotopic (exact) mass is 318 g/mol. The predicted octanol–water partition coefficient (Wildman–Crippen LogP) is 4.70. The molecule has 0 aliphatic carbocycles. The van der Waals surface area contributed by atoms with E-state index in [0.29, 0.717) is 29.4 Å². The number of alkyl halides is 3. The van der Waals surface area contributed by atoms with Gasteiger partial charge < -0.3 is 0 Å². The van der Waals surface area contributed by atoms with Crippen LogP contribution >= 0.6 is 11.8 Å². The molecule has 2 saturated heterocycles. The highest BCUT2D eigenvalue weighted by Gasteiger charge is 2.41. The Morgan fingerprint density at radius 3 is 2.33 bits per heavy atom. The standard InChI is InChI=1S/C15H14F4OS/c16-9-1-4-12(13(7-9)15(17,18)19)14(20)8-5-10-2-3-11(6-8)21-10/h1,4,7-8,10-11H,2-3,5-6H2. The van der Waals surface area contributed by atoms with Gasteiger partial charge in [0.15, 0.2) is 5.78 Å². The van der Waals surface area contributed by atoms with Gasteiger partial charge in [-0.05, 0) is 43.9 Å². The lowest BCUT2D eigenvalue weighted by molar-refractivity contribution is -0.138. The summed E-state index contributed by atoms with van der Waals surface area (Å²) in [4.78, 5) is 12.5. The van der Waals surface area contributed by atoms with Crippen LogP contribution in [0.1, 0.15) is 41.6 Å². The fourth-order valence-corrected chi connectivity index (χ4v) is 5.03. The van der Waals surface area contributed by atoms with E-state index < -0.39 is 23.3 Å². The number of halogens is 4. The van der Waals surface area contributed by atoms with Crippen molar-refractivity contribution in [3.63, 3.8) is 0 Å². The molecule has 3 rings (SSSR count). The molecule has 2 fully saturated rings. The maximum absolute atomic E-state index is 13.1. The normalized spacial score (nSPS) is 28.7. The largest absolute Gasteiger partial charge is 0.417 e. The molecule has 0 spiro atoms. The average Bonchev–Trinajstić information content (AvgIpc) is 2.75. The molecule has 2 heterocycles. The molecule has 1 nitrogen and oxygen atoms in total. The van der Waals surface area contributed by atoms with Gasteiger partial charge in [0, 0.05) is 22.0 Å². The average molecular weight is 318 g/mol. The summed E-state index contributed by atoms with van der Waals surface area (Å²) in [6.07, 6.45) is -1.37. The number of rotatable bonds is 2. The zero-order chi connectivity index (χ0) is 15.2. The topological polar surface area (TPSA) is 17.1 Å². The Hall–Kier alpha value is -1.04. The van der Waals surface area contributed by atoms with E-state index in [4.69, 9.17) is 0 Å². The van der Waals surface area contributed by atoms with Crippen molar-refractivity contribution in [3.8, 4) is 0 Å². The van der Waals surface area contributed by atoms with Gasteiger partial charge in [-0.2, -0.15) is 24.9 Å². The van der Waals surface area contributed by atoms with Gasteiger partial charge >= 0.3 is 6.18 Å². The number of benzene rings is 1. The molecule has 0 saturated carbocycles. The second kappa shape index (κ2) is 5.30. The molecular formula is C15H14F4OS. The second-order valence-electron chi connectivity index (χ2n) is 5.68. The van der Waals surface area contributed by atoms with Gasteiger partial charge in [0.25, 0.3) is 0 Å². The number of ketones is 1. The van der Waals surface area contributed by atoms with Crippen LogP contribution in [0.2, 0.25) is 0 Å². The molecule has 1 aromatic rings. The zero-order valence-corrected chi connectivity index (χ0v) is 11.9. The minimum Gasteiger partial charge on any atom is -0.294 e. The number of hydrogen-bond donors (Lipinski definition) is 0. The Bertz CT molecular complexity index is 557. The molecule has 0 aromatic heterocycles. The molecule has 21 heavy (non-hydrogen) atoms. The molecule has 2 aliphatic heterocycles. The van der Waals surface area contributed by atoms with Crippen molar-refractivity contribution >= 4 is 17.5 Å². The maximum Gasteiger partial charge on any atom is 0.417 e. The van der Waals surface area contributed by atoms with Crippen molar-refractivity contribution in [2.45, 2.75) is 42.4 Å². The summed E-state index contributed by atoms with van der Waals surface area (Å²) in [5, 5.41) is 0.764. The van der Waals surface area contributed by atoms with Gasteiger partial charge in [-0.25, -0.2) is 4.39 Å². The van der Waals surface area contributed by atoms with E-state index in [1.165, 1.54) is 0 Å². The molecule has 1 aromatic carbocycles. The molecule has 2 aliphatic rings. The van der Waals surface area contributed by atoms with Gasteiger partial charge in [0.2, 0.25) is 0 Å². The van der Waals surface area contributed by atoms with Crippen LogP contribution in [0.5, 0.6) is 0 Å². The van der Waals surface area contributed by atoms with Crippen molar-refractivity contribution in [1.82, 2.24) is 0 Å². The van der Waals surface area contributed by atoms with E-state index in [2.05, 4.69) is 0 Å². The summed E-state index contributed by atoms with van der Waals surface area (Å²) in [5.41, 5.74) is -1.54. The Morgan fingerprint density at radius 1 is 1.14 bits per heavy atom. The Balaban J connectivity index is 1.91. The van der Waals surface area contributed by atoms with E-state index in [-0.39, 0.29) is 11.5 Å². The fraction of sp³-hybridized carbons (Fsp3) is 0.533. The minimum atomic E-state index is -4.71. The second-order valence-corrected chi connectivity index (χ2v) is 7.28. The summed E-state index contributed by atoms with van der Waals surface area (Å²) >= 11 is 1.85. The summed E-state index contributed by atoms with van der Waals surface area (Å²) < 4.78 is 52.1. The molecule has 0 radical (unpaired) electrons. The quantitative estimate of drug-likeness (QED) is 0.581. The molecule has 0 N–H and O–H groups in total. The highest BCUT2D eigenvalue weighted by molar-refractivity contribution is 8.00. The first-order chi connectivity index (χ1) is 9.84. The number of carbonyl (C=O) groups excluding carboxylic acids is 1. The SMILES string of the molecule is O=C(c1ccc(F)cc1C(F)(F)F)C1CC2CCC(C1)S2. The van der Waals surface area contributed by atoms with E-state index in [9.17, 15) is 22.4 Å². The molecule has 2 atom stereocenters. The number of thioether (sulfide) groups is 1. The lowest BCUT2D eigenvalue weighted by atomic mass is 9.88. The highest BCUT2D eigenvalue weighted by atomic mass is 32.2. The van der Waals surface area contributed by atoms with Crippen molar-refractivity contribution in [2.75, 3.05) is 0 Å². The van der Waals surface area contributed by atoms with E-state index in [1.54, 1.807) is 0 Å². The van der Waals surface area contributed by atoms with Crippen molar-refractivity contribution < 1.29 is 22.4 Å². The summed E-state index contributed by atoms with van der Waals surface area (Å²) in [6.45, 7) is 0. The van der Waals surface area contributed by atoms with Crippen molar-refractivity contribution in [3.05, 3.63) is 35.1 Å². The molecule has 2 unspecified atom stereocenters. The van der Waals surface area contributed by atoms with E-state index >= 15 is 0 Å². The van der Waals surface area contributed by atoms with Crippen molar-refractivity contribution in [2.24, 2.45) is 5.92 Å². The Kier molecular flexibility index (Phi) is 3.76. The minimum absolute atomic E-state index is 0.365. The smallest absolute Gasteiger partial charge is 0.294 e. The van der Waals surface area contributed by atoms with E-state index in [1.807, 2.05) is 11.8 Å². The number of fused-ring (bicyclic) bond motifs is 2. The third-order valence-electron chi connectivity index (χ3n) is 4.21. The van der Waals surface area contributed by atoms with Crippen molar-refractivity contribution in [1.29, 1.82) is 0 Å². The molecule has 6 heteroatoms. The lowest BCUT2D eigenvalue weighted by Crippen LogP contribution is -2.26. The molecule has 114 valence electrons. The summed E-state index contributed by atoms with van der Waals surface area (Å²) in [7, 11) is 0. The van der Waals surface area contributed by atoms with Gasteiger partial charge in [0.05, 0.1) is 5.56 Å². The van der Waals surface area contributed by atoms with Gasteiger partial charge in [-0.15, -0.1) is 0 Å². The molecule has 2 bridgehead atoms. The van der Waals surface area contributed by atoms with Gasteiger partial charge in [-0.1, -0.05) is 0 Å². The predicted molar refractivity (Wildman–Crippen MR) is 72.9 cm³/mol. The van der Waals surface area contributed by atoms with Crippen LogP contribution in [-0.2, 0) is 6.18 Å². The summed E-state index contributed by atoms with van der Waals surface area (Å²) in [5.74, 6) is -1.83. The van der Waals surface area contributed by atoms with Gasteiger partial charge in [0.1, 0.15) is 5.82 Å². The van der Waals surface area contributed by atoms with Crippen LogP contribution in [0.15, 0.2) is 18.2 Å². The maximum atomic E-state index is 13.1. The van der Waals surface area contributed by atoms with Gasteiger partial charge in [-0.3, -0.25) is 4.79 Å². The zero-order valence-electron chi connectivity index (χ0n) is 11.1. The third kappa shape index (κ3) is 2.96. The third-order valence-corrected chi connectivity index (χ3v) is 5.84. The van der Waals surface area contributed by atoms with Crippen LogP contribution in [0.25, 0.3) is 0 Å². The van der Waals surface area contributed by atoms with Crippen LogP contribution in [0, 0.1) is 11.7 Å². The first-order valence-corrected chi connectivity index (χ1v) is 7.85. The van der Waals surface area contributed by atoms with Crippen LogP contribution in [0.3, 0.4) is 0 Å². The Labute approximate surface area is 124 Å². The van der Waals surface area contributed by atoms with Crippen LogP contribution in [0.4, 0.5) is 17.6 Å². The van der Waals surface area contributed by atoms with Crippen LogP contribution in [-0.4, -0.2) is 16.3 Å².